The number of nitrogens with one attached hydrogen (secondary N) is 1. The van der Waals surface area contributed by atoms with Crippen molar-refractivity contribution in [3.63, 3.8) is 0 Å². The fraction of sp³-hybridized carbons (Fsp3) is 0.294. The lowest BCUT2D eigenvalue weighted by Gasteiger charge is -2.22. The summed E-state index contributed by atoms with van der Waals surface area (Å²) >= 11 is 12.4. The predicted molar refractivity (Wildman–Crippen MR) is 91.7 cm³/mol. The third-order valence-electron chi connectivity index (χ3n) is 3.86. The first-order valence-electron chi connectivity index (χ1n) is 7.26. The van der Waals surface area contributed by atoms with Crippen LogP contribution in [0.4, 0.5) is 11.4 Å². The number of halogens is 2. The van der Waals surface area contributed by atoms with Crippen molar-refractivity contribution < 1.29 is 0 Å². The molecule has 4 heteroatoms. The molecule has 0 aliphatic carbocycles. The second-order valence-electron chi connectivity index (χ2n) is 5.27. The molecule has 0 bridgehead atoms. The maximum atomic E-state index is 6.21. The third kappa shape index (κ3) is 3.28. The fourth-order valence-corrected chi connectivity index (χ4v) is 3.31. The van der Waals surface area contributed by atoms with Crippen molar-refractivity contribution in [2.45, 2.75) is 19.4 Å². The molecule has 3 rings (SSSR count). The SMILES string of the molecule is Clc1cccc(Cl)c1NCc1ccccc1N1CCCC1. The fourth-order valence-electron chi connectivity index (χ4n) is 2.78. The monoisotopic (exact) mass is 320 g/mol. The first-order chi connectivity index (χ1) is 10.3. The Morgan fingerprint density at radius 1 is 0.905 bits per heavy atom. The number of para-hydroxylation sites is 2. The van der Waals surface area contributed by atoms with Gasteiger partial charge in [0.1, 0.15) is 0 Å². The van der Waals surface area contributed by atoms with Crippen molar-refractivity contribution in [3.8, 4) is 0 Å². The number of anilines is 2. The Kier molecular flexibility index (Phi) is 4.57. The number of hydrogen-bond acceptors (Lipinski definition) is 2. The van der Waals surface area contributed by atoms with Gasteiger partial charge in [-0.25, -0.2) is 0 Å². The average Bonchev–Trinajstić information content (AvgIpc) is 3.01. The van der Waals surface area contributed by atoms with Crippen LogP contribution in [-0.4, -0.2) is 13.1 Å². The van der Waals surface area contributed by atoms with Gasteiger partial charge in [0.2, 0.25) is 0 Å². The molecule has 2 aromatic rings. The number of nitrogens with zero attached hydrogens (tertiary/aromatic N) is 1. The average molecular weight is 321 g/mol. The van der Waals surface area contributed by atoms with Gasteiger partial charge in [-0.15, -0.1) is 0 Å². The normalized spacial score (nSPS) is 14.5. The van der Waals surface area contributed by atoms with Gasteiger partial charge >= 0.3 is 0 Å². The van der Waals surface area contributed by atoms with E-state index in [0.717, 1.165) is 25.3 Å². The standard InChI is InChI=1S/C17H18Cl2N2/c18-14-7-5-8-15(19)17(14)20-12-13-6-1-2-9-16(13)21-10-3-4-11-21/h1-2,5-9,20H,3-4,10-12H2. The molecule has 0 aromatic heterocycles. The van der Waals surface area contributed by atoms with Crippen molar-refractivity contribution in [3.05, 3.63) is 58.1 Å². The van der Waals surface area contributed by atoms with Crippen molar-refractivity contribution in [2.24, 2.45) is 0 Å². The van der Waals surface area contributed by atoms with Crippen LogP contribution in [-0.2, 0) is 6.54 Å². The summed E-state index contributed by atoms with van der Waals surface area (Å²) < 4.78 is 0. The molecule has 2 aromatic carbocycles. The van der Waals surface area contributed by atoms with E-state index in [9.17, 15) is 0 Å². The summed E-state index contributed by atoms with van der Waals surface area (Å²) in [6.07, 6.45) is 2.55. The van der Waals surface area contributed by atoms with E-state index in [2.05, 4.69) is 34.5 Å². The summed E-state index contributed by atoms with van der Waals surface area (Å²) in [5.41, 5.74) is 3.39. The van der Waals surface area contributed by atoms with Crippen molar-refractivity contribution in [2.75, 3.05) is 23.3 Å². The van der Waals surface area contributed by atoms with Crippen LogP contribution in [0.15, 0.2) is 42.5 Å². The second kappa shape index (κ2) is 6.59. The highest BCUT2D eigenvalue weighted by atomic mass is 35.5. The molecule has 1 fully saturated rings. The molecule has 110 valence electrons. The molecule has 1 aliphatic heterocycles. The van der Waals surface area contributed by atoms with Crippen LogP contribution in [0.5, 0.6) is 0 Å². The smallest absolute Gasteiger partial charge is 0.0721 e. The molecule has 2 nitrogen and oxygen atoms in total. The maximum Gasteiger partial charge on any atom is 0.0721 e. The molecule has 0 amide bonds. The van der Waals surface area contributed by atoms with Gasteiger partial charge < -0.3 is 10.2 Å². The molecule has 1 saturated heterocycles. The molecule has 0 spiro atoms. The number of benzene rings is 2. The molecule has 0 saturated carbocycles. The molecule has 0 atom stereocenters. The Morgan fingerprint density at radius 3 is 2.29 bits per heavy atom. The van der Waals surface area contributed by atoms with E-state index in [1.54, 1.807) is 0 Å². The zero-order valence-corrected chi connectivity index (χ0v) is 13.3. The molecule has 0 unspecified atom stereocenters. The predicted octanol–water partition coefficient (Wildman–Crippen LogP) is 5.21. The van der Waals surface area contributed by atoms with Crippen LogP contribution in [0, 0.1) is 0 Å². The van der Waals surface area contributed by atoms with Crippen LogP contribution in [0.3, 0.4) is 0 Å². The van der Waals surface area contributed by atoms with Crippen LogP contribution in [0.25, 0.3) is 0 Å². The minimum absolute atomic E-state index is 0.654. The van der Waals surface area contributed by atoms with Gasteiger partial charge in [0.05, 0.1) is 15.7 Å². The molecule has 1 heterocycles. The van der Waals surface area contributed by atoms with Crippen LogP contribution in [0.1, 0.15) is 18.4 Å². The summed E-state index contributed by atoms with van der Waals surface area (Å²) in [6.45, 7) is 3.00. The van der Waals surface area contributed by atoms with Crippen molar-refractivity contribution in [1.29, 1.82) is 0 Å². The molecule has 0 radical (unpaired) electrons. The maximum absolute atomic E-state index is 6.21. The lowest BCUT2D eigenvalue weighted by atomic mass is 10.1. The van der Waals surface area contributed by atoms with E-state index in [4.69, 9.17) is 23.2 Å². The Labute approximate surface area is 135 Å². The summed E-state index contributed by atoms with van der Waals surface area (Å²) in [6, 6.07) is 14.1. The highest BCUT2D eigenvalue weighted by Gasteiger charge is 2.15. The Morgan fingerprint density at radius 2 is 1.57 bits per heavy atom. The Balaban J connectivity index is 1.79. The lowest BCUT2D eigenvalue weighted by Crippen LogP contribution is -2.20. The van der Waals surface area contributed by atoms with Crippen molar-refractivity contribution in [1.82, 2.24) is 0 Å². The van der Waals surface area contributed by atoms with E-state index < -0.39 is 0 Å². The highest BCUT2D eigenvalue weighted by molar-refractivity contribution is 6.39. The van der Waals surface area contributed by atoms with E-state index in [0.29, 0.717) is 10.0 Å². The second-order valence-corrected chi connectivity index (χ2v) is 6.09. The largest absolute Gasteiger partial charge is 0.378 e. The van der Waals surface area contributed by atoms with Gasteiger partial charge in [0.25, 0.3) is 0 Å². The van der Waals surface area contributed by atoms with Gasteiger partial charge in [0, 0.05) is 25.3 Å². The highest BCUT2D eigenvalue weighted by Crippen LogP contribution is 2.31. The minimum atomic E-state index is 0.654. The summed E-state index contributed by atoms with van der Waals surface area (Å²) in [5, 5.41) is 4.68. The van der Waals surface area contributed by atoms with Crippen LogP contribution in [0.2, 0.25) is 10.0 Å². The van der Waals surface area contributed by atoms with E-state index in [1.807, 2.05) is 18.2 Å². The first kappa shape index (κ1) is 14.6. The number of rotatable bonds is 4. The summed E-state index contributed by atoms with van der Waals surface area (Å²) in [7, 11) is 0. The molecule has 21 heavy (non-hydrogen) atoms. The summed E-state index contributed by atoms with van der Waals surface area (Å²) in [5.74, 6) is 0. The van der Waals surface area contributed by atoms with Gasteiger partial charge in [-0.1, -0.05) is 47.5 Å². The number of hydrogen-bond donors (Lipinski definition) is 1. The van der Waals surface area contributed by atoms with Gasteiger partial charge in [0.15, 0.2) is 0 Å². The lowest BCUT2D eigenvalue weighted by molar-refractivity contribution is 0.949. The summed E-state index contributed by atoms with van der Waals surface area (Å²) in [4.78, 5) is 2.45. The van der Waals surface area contributed by atoms with Crippen LogP contribution < -0.4 is 10.2 Å². The minimum Gasteiger partial charge on any atom is -0.378 e. The van der Waals surface area contributed by atoms with Gasteiger partial charge in [-0.3, -0.25) is 0 Å². The molecule has 1 N–H and O–H groups in total. The van der Waals surface area contributed by atoms with E-state index >= 15 is 0 Å². The zero-order valence-electron chi connectivity index (χ0n) is 11.8. The zero-order chi connectivity index (χ0) is 14.7. The van der Waals surface area contributed by atoms with E-state index in [1.165, 1.54) is 24.1 Å². The third-order valence-corrected chi connectivity index (χ3v) is 4.49. The molecular formula is C17H18Cl2N2. The van der Waals surface area contributed by atoms with Gasteiger partial charge in [-0.05, 0) is 36.6 Å². The van der Waals surface area contributed by atoms with Crippen LogP contribution >= 0.6 is 23.2 Å². The van der Waals surface area contributed by atoms with Gasteiger partial charge in [-0.2, -0.15) is 0 Å². The molecular weight excluding hydrogens is 303 g/mol. The Hall–Kier alpha value is -1.38. The van der Waals surface area contributed by atoms with Crippen molar-refractivity contribution >= 4 is 34.6 Å². The quantitative estimate of drug-likeness (QED) is 0.832. The first-order valence-corrected chi connectivity index (χ1v) is 8.02. The van der Waals surface area contributed by atoms with E-state index in [-0.39, 0.29) is 0 Å². The Bertz CT molecular complexity index is 602. The molecule has 1 aliphatic rings. The topological polar surface area (TPSA) is 15.3 Å².